The van der Waals surface area contributed by atoms with Gasteiger partial charge in [-0.15, -0.1) is 0 Å². The van der Waals surface area contributed by atoms with Crippen LogP contribution in [0.1, 0.15) is 38.5 Å². The summed E-state index contributed by atoms with van der Waals surface area (Å²) >= 11 is 0. The molecule has 80 valence electrons. The van der Waals surface area contributed by atoms with Gasteiger partial charge >= 0.3 is 5.97 Å². The molecule has 0 radical (unpaired) electrons. The van der Waals surface area contributed by atoms with E-state index >= 15 is 0 Å². The number of hydrogen-bond acceptors (Lipinski definition) is 2. The van der Waals surface area contributed by atoms with Crippen molar-refractivity contribution in [1.82, 2.24) is 5.32 Å². The third-order valence-corrected chi connectivity index (χ3v) is 3.80. The van der Waals surface area contributed by atoms with E-state index in [0.29, 0.717) is 12.3 Å². The SMILES string of the molecule is O=C(O)CC1NCCC2CCCCC21. The van der Waals surface area contributed by atoms with Crippen LogP contribution in [0.3, 0.4) is 0 Å². The molecule has 0 bridgehead atoms. The van der Waals surface area contributed by atoms with E-state index in [1.54, 1.807) is 0 Å². The molecule has 0 aromatic heterocycles. The number of carbonyl (C=O) groups is 1. The Hall–Kier alpha value is -0.570. The van der Waals surface area contributed by atoms with Gasteiger partial charge in [-0.25, -0.2) is 0 Å². The highest BCUT2D eigenvalue weighted by atomic mass is 16.4. The summed E-state index contributed by atoms with van der Waals surface area (Å²) in [4.78, 5) is 10.7. The molecule has 0 aromatic carbocycles. The lowest BCUT2D eigenvalue weighted by molar-refractivity contribution is -0.138. The predicted molar refractivity (Wildman–Crippen MR) is 54.1 cm³/mol. The predicted octanol–water partition coefficient (Wildman–Crippen LogP) is 1.63. The molecule has 2 N–H and O–H groups in total. The summed E-state index contributed by atoms with van der Waals surface area (Å²) in [5.74, 6) is 0.775. The maximum Gasteiger partial charge on any atom is 0.304 e. The van der Waals surface area contributed by atoms with Crippen LogP contribution in [-0.2, 0) is 4.79 Å². The van der Waals surface area contributed by atoms with Crippen LogP contribution in [0.4, 0.5) is 0 Å². The Balaban J connectivity index is 1.97. The summed E-state index contributed by atoms with van der Waals surface area (Å²) < 4.78 is 0. The Labute approximate surface area is 84.9 Å². The number of aliphatic carboxylic acids is 1. The summed E-state index contributed by atoms with van der Waals surface area (Å²) in [6.07, 6.45) is 6.75. The smallest absolute Gasteiger partial charge is 0.304 e. The van der Waals surface area contributed by atoms with Crippen molar-refractivity contribution < 1.29 is 9.90 Å². The van der Waals surface area contributed by atoms with E-state index in [4.69, 9.17) is 5.11 Å². The Morgan fingerprint density at radius 2 is 2.07 bits per heavy atom. The second-order valence-electron chi connectivity index (χ2n) is 4.66. The molecule has 3 nitrogen and oxygen atoms in total. The van der Waals surface area contributed by atoms with Gasteiger partial charge in [0.05, 0.1) is 6.42 Å². The highest BCUT2D eigenvalue weighted by molar-refractivity contribution is 5.67. The van der Waals surface area contributed by atoms with E-state index in [1.807, 2.05) is 0 Å². The van der Waals surface area contributed by atoms with Gasteiger partial charge in [0.1, 0.15) is 0 Å². The van der Waals surface area contributed by atoms with Crippen LogP contribution in [0.25, 0.3) is 0 Å². The Bertz CT molecular complexity index is 215. The standard InChI is InChI=1S/C11H19NO2/c13-11(14)7-10-9-4-2-1-3-8(9)5-6-12-10/h8-10,12H,1-7H2,(H,13,14). The summed E-state index contributed by atoms with van der Waals surface area (Å²) in [6, 6.07) is 0.242. The number of piperidine rings is 1. The van der Waals surface area contributed by atoms with Gasteiger partial charge in [0.2, 0.25) is 0 Å². The molecule has 2 fully saturated rings. The van der Waals surface area contributed by atoms with Crippen LogP contribution < -0.4 is 5.32 Å². The monoisotopic (exact) mass is 197 g/mol. The van der Waals surface area contributed by atoms with Crippen LogP contribution >= 0.6 is 0 Å². The first kappa shape index (κ1) is 9.97. The second-order valence-corrected chi connectivity index (χ2v) is 4.66. The minimum Gasteiger partial charge on any atom is -0.481 e. The van der Waals surface area contributed by atoms with Crippen LogP contribution in [0, 0.1) is 11.8 Å². The van der Waals surface area contributed by atoms with Crippen molar-refractivity contribution in [3.05, 3.63) is 0 Å². The van der Waals surface area contributed by atoms with Crippen molar-refractivity contribution in [3.63, 3.8) is 0 Å². The molecular formula is C11H19NO2. The van der Waals surface area contributed by atoms with Crippen LogP contribution in [0.5, 0.6) is 0 Å². The molecule has 1 saturated carbocycles. The normalized spacial score (nSPS) is 37.6. The van der Waals surface area contributed by atoms with E-state index in [1.165, 1.54) is 32.1 Å². The van der Waals surface area contributed by atoms with Gasteiger partial charge < -0.3 is 10.4 Å². The number of rotatable bonds is 2. The molecule has 1 aliphatic heterocycles. The lowest BCUT2D eigenvalue weighted by atomic mass is 9.71. The number of carboxylic acid groups (broad SMARTS) is 1. The number of hydrogen-bond donors (Lipinski definition) is 2. The van der Waals surface area contributed by atoms with Gasteiger partial charge in [-0.3, -0.25) is 4.79 Å². The Morgan fingerprint density at radius 1 is 1.29 bits per heavy atom. The zero-order valence-electron chi connectivity index (χ0n) is 8.54. The fourth-order valence-corrected chi connectivity index (χ4v) is 3.14. The molecule has 2 aliphatic rings. The molecule has 0 aromatic rings. The molecular weight excluding hydrogens is 178 g/mol. The first-order valence-corrected chi connectivity index (χ1v) is 5.72. The first-order chi connectivity index (χ1) is 6.77. The van der Waals surface area contributed by atoms with Gasteiger partial charge in [-0.05, 0) is 31.2 Å². The zero-order chi connectivity index (χ0) is 9.97. The highest BCUT2D eigenvalue weighted by Gasteiger charge is 2.35. The molecule has 3 atom stereocenters. The van der Waals surface area contributed by atoms with Crippen LogP contribution in [0.15, 0.2) is 0 Å². The molecule has 14 heavy (non-hydrogen) atoms. The molecule has 1 saturated heterocycles. The topological polar surface area (TPSA) is 49.3 Å². The number of fused-ring (bicyclic) bond motifs is 1. The average molecular weight is 197 g/mol. The second kappa shape index (κ2) is 4.30. The van der Waals surface area contributed by atoms with Gasteiger partial charge in [0.25, 0.3) is 0 Å². The minimum absolute atomic E-state index is 0.242. The summed E-state index contributed by atoms with van der Waals surface area (Å²) in [5, 5.41) is 12.2. The molecule has 3 unspecified atom stereocenters. The first-order valence-electron chi connectivity index (χ1n) is 5.72. The summed E-state index contributed by atoms with van der Waals surface area (Å²) in [7, 11) is 0. The maximum absolute atomic E-state index is 10.7. The van der Waals surface area contributed by atoms with Gasteiger partial charge in [-0.2, -0.15) is 0 Å². The third kappa shape index (κ3) is 2.08. The van der Waals surface area contributed by atoms with Crippen molar-refractivity contribution in [2.24, 2.45) is 11.8 Å². The lowest BCUT2D eigenvalue weighted by Crippen LogP contribution is -2.48. The van der Waals surface area contributed by atoms with E-state index in [0.717, 1.165) is 12.5 Å². The fourth-order valence-electron chi connectivity index (χ4n) is 3.14. The van der Waals surface area contributed by atoms with Crippen molar-refractivity contribution in [3.8, 4) is 0 Å². The number of nitrogens with one attached hydrogen (secondary N) is 1. The van der Waals surface area contributed by atoms with Crippen LogP contribution in [0.2, 0.25) is 0 Å². The van der Waals surface area contributed by atoms with Crippen LogP contribution in [-0.4, -0.2) is 23.7 Å². The highest BCUT2D eigenvalue weighted by Crippen LogP contribution is 2.37. The van der Waals surface area contributed by atoms with E-state index in [9.17, 15) is 4.79 Å². The fraction of sp³-hybridized carbons (Fsp3) is 0.909. The molecule has 0 amide bonds. The quantitative estimate of drug-likeness (QED) is 0.707. The van der Waals surface area contributed by atoms with Gasteiger partial charge in [-0.1, -0.05) is 19.3 Å². The van der Waals surface area contributed by atoms with Crippen molar-refractivity contribution in [2.45, 2.75) is 44.6 Å². The van der Waals surface area contributed by atoms with Crippen molar-refractivity contribution in [1.29, 1.82) is 0 Å². The summed E-state index contributed by atoms with van der Waals surface area (Å²) in [5.41, 5.74) is 0. The van der Waals surface area contributed by atoms with E-state index in [-0.39, 0.29) is 6.04 Å². The molecule has 2 rings (SSSR count). The Kier molecular flexibility index (Phi) is 3.06. The molecule has 0 spiro atoms. The molecule has 1 aliphatic carbocycles. The summed E-state index contributed by atoms with van der Waals surface area (Å²) in [6.45, 7) is 1.01. The Morgan fingerprint density at radius 3 is 2.86 bits per heavy atom. The lowest BCUT2D eigenvalue weighted by Gasteiger charge is -2.41. The minimum atomic E-state index is -0.659. The zero-order valence-corrected chi connectivity index (χ0v) is 8.54. The maximum atomic E-state index is 10.7. The average Bonchev–Trinajstić information content (AvgIpc) is 2.18. The van der Waals surface area contributed by atoms with Gasteiger partial charge in [0, 0.05) is 6.04 Å². The largest absolute Gasteiger partial charge is 0.481 e. The van der Waals surface area contributed by atoms with Crippen molar-refractivity contribution >= 4 is 5.97 Å². The third-order valence-electron chi connectivity index (χ3n) is 3.80. The van der Waals surface area contributed by atoms with Gasteiger partial charge in [0.15, 0.2) is 0 Å². The number of carboxylic acids is 1. The molecule has 1 heterocycles. The van der Waals surface area contributed by atoms with E-state index < -0.39 is 5.97 Å². The van der Waals surface area contributed by atoms with Crippen molar-refractivity contribution in [2.75, 3.05) is 6.54 Å². The molecule has 3 heteroatoms. The van der Waals surface area contributed by atoms with E-state index in [2.05, 4.69) is 5.32 Å².